The molecule has 0 aliphatic heterocycles. The average Bonchev–Trinajstić information content (AvgIpc) is 3.10. The molecule has 1 N–H and O–H groups in total. The zero-order valence-corrected chi connectivity index (χ0v) is 15.3. The quantitative estimate of drug-likeness (QED) is 0.631. The summed E-state index contributed by atoms with van der Waals surface area (Å²) in [5.74, 6) is 1.78. The molecular weight excluding hydrogens is 314 g/mol. The third kappa shape index (κ3) is 7.50. The predicted molar refractivity (Wildman–Crippen MR) is 98.2 cm³/mol. The predicted octanol–water partition coefficient (Wildman–Crippen LogP) is 3.73. The van der Waals surface area contributed by atoms with Gasteiger partial charge >= 0.3 is 0 Å². The maximum atomic E-state index is 11.8. The molecule has 2 aromatic rings. The van der Waals surface area contributed by atoms with Crippen molar-refractivity contribution in [3.05, 3.63) is 47.7 Å². The van der Waals surface area contributed by atoms with Gasteiger partial charge in [-0.3, -0.25) is 4.79 Å². The van der Waals surface area contributed by atoms with E-state index >= 15 is 0 Å². The molecule has 1 atom stereocenters. The van der Waals surface area contributed by atoms with Crippen molar-refractivity contribution in [2.45, 2.75) is 58.8 Å². The Morgan fingerprint density at radius 1 is 1.08 bits per heavy atom. The van der Waals surface area contributed by atoms with Crippen molar-refractivity contribution in [1.29, 1.82) is 0 Å². The topological polar surface area (TPSA) is 68.0 Å². The van der Waals surface area contributed by atoms with Crippen LogP contribution in [0.5, 0.6) is 0 Å². The molecule has 1 amide bonds. The lowest BCUT2D eigenvalue weighted by atomic mass is 10.1. The molecule has 0 fully saturated rings. The Kier molecular flexibility index (Phi) is 8.16. The number of unbranched alkanes of at least 4 members (excludes halogenated alkanes) is 1. The second kappa shape index (κ2) is 10.6. The van der Waals surface area contributed by atoms with Gasteiger partial charge < -0.3 is 9.73 Å². The number of carbonyl (C=O) groups excluding carboxylic acids is 1. The highest BCUT2D eigenvalue weighted by Gasteiger charge is 2.09. The van der Waals surface area contributed by atoms with Crippen LogP contribution in [0.25, 0.3) is 0 Å². The minimum atomic E-state index is 0.0444. The number of carbonyl (C=O) groups is 1. The van der Waals surface area contributed by atoms with Gasteiger partial charge in [-0.1, -0.05) is 50.6 Å². The van der Waals surface area contributed by atoms with Gasteiger partial charge in [0.25, 0.3) is 0 Å². The van der Waals surface area contributed by atoms with Crippen molar-refractivity contribution >= 4 is 5.91 Å². The van der Waals surface area contributed by atoms with Gasteiger partial charge in [-0.15, -0.1) is 10.2 Å². The first-order valence-corrected chi connectivity index (χ1v) is 9.29. The van der Waals surface area contributed by atoms with Crippen molar-refractivity contribution in [1.82, 2.24) is 15.5 Å². The van der Waals surface area contributed by atoms with Crippen LogP contribution >= 0.6 is 0 Å². The molecule has 0 aliphatic rings. The molecule has 2 rings (SSSR count). The molecule has 1 aromatic carbocycles. The van der Waals surface area contributed by atoms with Crippen LogP contribution in [0.3, 0.4) is 0 Å². The molecule has 1 heterocycles. The third-order valence-electron chi connectivity index (χ3n) is 4.37. The summed E-state index contributed by atoms with van der Waals surface area (Å²) < 4.78 is 5.63. The Morgan fingerprint density at radius 3 is 2.48 bits per heavy atom. The molecule has 0 unspecified atom stereocenters. The van der Waals surface area contributed by atoms with Crippen LogP contribution in [-0.2, 0) is 24.1 Å². The Balaban J connectivity index is 1.62. The standard InChI is InChI=1S/C20H29N3O2/c1-3-16(2)15-21-18(24)13-14-20-23-22-19(25-20)12-8-7-11-17-9-5-4-6-10-17/h4-6,9-10,16H,3,7-8,11-15H2,1-2H3,(H,21,24)/t16-/m0/s1. The van der Waals surface area contributed by atoms with E-state index in [9.17, 15) is 4.79 Å². The van der Waals surface area contributed by atoms with Crippen LogP contribution in [0.2, 0.25) is 0 Å². The van der Waals surface area contributed by atoms with Gasteiger partial charge in [0.2, 0.25) is 17.7 Å². The molecule has 0 saturated heterocycles. The van der Waals surface area contributed by atoms with E-state index in [1.54, 1.807) is 0 Å². The number of nitrogens with zero attached hydrogens (tertiary/aromatic N) is 2. The number of amides is 1. The zero-order chi connectivity index (χ0) is 17.9. The SMILES string of the molecule is CC[C@H](C)CNC(=O)CCc1nnc(CCCCc2ccccc2)o1. The number of hydrogen-bond acceptors (Lipinski definition) is 4. The molecule has 0 aliphatic carbocycles. The number of nitrogens with one attached hydrogen (secondary N) is 1. The van der Waals surface area contributed by atoms with Gasteiger partial charge in [0.05, 0.1) is 0 Å². The molecular formula is C20H29N3O2. The summed E-state index contributed by atoms with van der Waals surface area (Å²) >= 11 is 0. The van der Waals surface area contributed by atoms with Gasteiger partial charge in [0, 0.05) is 25.8 Å². The van der Waals surface area contributed by atoms with E-state index in [0.717, 1.165) is 38.6 Å². The number of aryl methyl sites for hydroxylation is 3. The summed E-state index contributed by atoms with van der Waals surface area (Å²) in [6, 6.07) is 10.5. The summed E-state index contributed by atoms with van der Waals surface area (Å²) in [5.41, 5.74) is 1.36. The minimum Gasteiger partial charge on any atom is -0.425 e. The number of hydrogen-bond donors (Lipinski definition) is 1. The Hall–Kier alpha value is -2.17. The van der Waals surface area contributed by atoms with Gasteiger partial charge in [0.15, 0.2) is 0 Å². The summed E-state index contributed by atoms with van der Waals surface area (Å²) in [7, 11) is 0. The van der Waals surface area contributed by atoms with Crippen LogP contribution < -0.4 is 5.32 Å². The maximum Gasteiger partial charge on any atom is 0.220 e. The van der Waals surface area contributed by atoms with Crippen LogP contribution in [0.4, 0.5) is 0 Å². The van der Waals surface area contributed by atoms with Crippen molar-refractivity contribution in [3.8, 4) is 0 Å². The molecule has 0 saturated carbocycles. The van der Waals surface area contributed by atoms with Crippen LogP contribution in [0.1, 0.15) is 56.9 Å². The highest BCUT2D eigenvalue weighted by atomic mass is 16.4. The molecule has 5 heteroatoms. The van der Waals surface area contributed by atoms with E-state index in [4.69, 9.17) is 4.42 Å². The van der Waals surface area contributed by atoms with E-state index in [1.807, 2.05) is 6.07 Å². The molecule has 0 radical (unpaired) electrons. The largest absolute Gasteiger partial charge is 0.425 e. The highest BCUT2D eigenvalue weighted by Crippen LogP contribution is 2.09. The first kappa shape index (κ1) is 19.2. The number of aromatic nitrogens is 2. The molecule has 136 valence electrons. The molecule has 1 aromatic heterocycles. The Bertz CT molecular complexity index is 625. The van der Waals surface area contributed by atoms with E-state index in [2.05, 4.69) is 53.6 Å². The molecule has 0 bridgehead atoms. The first-order chi connectivity index (χ1) is 12.2. The molecule has 5 nitrogen and oxygen atoms in total. The van der Waals surface area contributed by atoms with Crippen molar-refractivity contribution in [3.63, 3.8) is 0 Å². The first-order valence-electron chi connectivity index (χ1n) is 9.29. The number of benzene rings is 1. The van der Waals surface area contributed by atoms with Crippen molar-refractivity contribution in [2.24, 2.45) is 5.92 Å². The summed E-state index contributed by atoms with van der Waals surface area (Å²) in [6.07, 6.45) is 5.94. The van der Waals surface area contributed by atoms with Gasteiger partial charge in [-0.05, 0) is 30.7 Å². The van der Waals surface area contributed by atoms with Crippen molar-refractivity contribution in [2.75, 3.05) is 6.54 Å². The highest BCUT2D eigenvalue weighted by molar-refractivity contribution is 5.75. The smallest absolute Gasteiger partial charge is 0.220 e. The lowest BCUT2D eigenvalue weighted by Gasteiger charge is -2.09. The second-order valence-electron chi connectivity index (χ2n) is 6.60. The van der Waals surface area contributed by atoms with Crippen LogP contribution in [0, 0.1) is 5.92 Å². The van der Waals surface area contributed by atoms with Crippen LogP contribution in [-0.4, -0.2) is 22.6 Å². The minimum absolute atomic E-state index is 0.0444. The summed E-state index contributed by atoms with van der Waals surface area (Å²) in [6.45, 7) is 4.98. The normalized spacial score (nSPS) is 12.1. The average molecular weight is 343 g/mol. The fourth-order valence-corrected chi connectivity index (χ4v) is 2.48. The van der Waals surface area contributed by atoms with E-state index in [-0.39, 0.29) is 5.91 Å². The maximum absolute atomic E-state index is 11.8. The Labute approximate surface area is 150 Å². The number of rotatable bonds is 11. The molecule has 25 heavy (non-hydrogen) atoms. The summed E-state index contributed by atoms with van der Waals surface area (Å²) in [5, 5.41) is 11.1. The third-order valence-corrected chi connectivity index (χ3v) is 4.37. The Morgan fingerprint density at radius 2 is 1.76 bits per heavy atom. The summed E-state index contributed by atoms with van der Waals surface area (Å²) in [4.78, 5) is 11.8. The monoisotopic (exact) mass is 343 g/mol. The fourth-order valence-electron chi connectivity index (χ4n) is 2.48. The van der Waals surface area contributed by atoms with Crippen LogP contribution in [0.15, 0.2) is 34.7 Å². The lowest BCUT2D eigenvalue weighted by molar-refractivity contribution is -0.121. The lowest BCUT2D eigenvalue weighted by Crippen LogP contribution is -2.28. The van der Waals surface area contributed by atoms with Gasteiger partial charge in [-0.2, -0.15) is 0 Å². The van der Waals surface area contributed by atoms with Gasteiger partial charge in [-0.25, -0.2) is 0 Å². The van der Waals surface area contributed by atoms with Crippen molar-refractivity contribution < 1.29 is 9.21 Å². The van der Waals surface area contributed by atoms with E-state index < -0.39 is 0 Å². The van der Waals surface area contributed by atoms with E-state index in [0.29, 0.717) is 30.5 Å². The molecule has 0 spiro atoms. The second-order valence-corrected chi connectivity index (χ2v) is 6.60. The van der Waals surface area contributed by atoms with E-state index in [1.165, 1.54) is 5.56 Å². The zero-order valence-electron chi connectivity index (χ0n) is 15.3. The fraction of sp³-hybridized carbons (Fsp3) is 0.550. The van der Waals surface area contributed by atoms with Gasteiger partial charge in [0.1, 0.15) is 0 Å².